The SMILES string of the molecule is CNC(c1cc(OC)cc(OC)c1)C1(OC)CCCCC1. The zero-order valence-electron chi connectivity index (χ0n) is 13.6. The molecule has 0 radical (unpaired) electrons. The number of ether oxygens (including phenoxy) is 3. The smallest absolute Gasteiger partial charge is 0.122 e. The molecular weight excluding hydrogens is 266 g/mol. The van der Waals surface area contributed by atoms with Crippen LogP contribution in [0.3, 0.4) is 0 Å². The van der Waals surface area contributed by atoms with E-state index >= 15 is 0 Å². The molecule has 1 fully saturated rings. The second-order valence-electron chi connectivity index (χ2n) is 5.70. The van der Waals surface area contributed by atoms with Crippen molar-refractivity contribution in [2.24, 2.45) is 0 Å². The van der Waals surface area contributed by atoms with Crippen molar-refractivity contribution < 1.29 is 14.2 Å². The van der Waals surface area contributed by atoms with E-state index in [9.17, 15) is 0 Å². The van der Waals surface area contributed by atoms with E-state index in [0.29, 0.717) is 0 Å². The number of rotatable bonds is 6. The van der Waals surface area contributed by atoms with Crippen LogP contribution in [0.1, 0.15) is 43.7 Å². The van der Waals surface area contributed by atoms with Gasteiger partial charge in [-0.1, -0.05) is 19.3 Å². The van der Waals surface area contributed by atoms with Crippen LogP contribution in [-0.2, 0) is 4.74 Å². The van der Waals surface area contributed by atoms with Crippen molar-refractivity contribution in [2.45, 2.75) is 43.7 Å². The average Bonchev–Trinajstić information content (AvgIpc) is 2.55. The van der Waals surface area contributed by atoms with Crippen molar-refractivity contribution in [1.82, 2.24) is 5.32 Å². The molecule has 4 nitrogen and oxygen atoms in total. The lowest BCUT2D eigenvalue weighted by Crippen LogP contribution is -2.46. The molecule has 0 amide bonds. The van der Waals surface area contributed by atoms with E-state index in [4.69, 9.17) is 14.2 Å². The topological polar surface area (TPSA) is 39.7 Å². The second-order valence-corrected chi connectivity index (χ2v) is 5.70. The summed E-state index contributed by atoms with van der Waals surface area (Å²) >= 11 is 0. The molecule has 0 bridgehead atoms. The molecule has 0 spiro atoms. The summed E-state index contributed by atoms with van der Waals surface area (Å²) in [4.78, 5) is 0. The highest BCUT2D eigenvalue weighted by atomic mass is 16.5. The maximum atomic E-state index is 5.99. The van der Waals surface area contributed by atoms with Crippen LogP contribution in [0.2, 0.25) is 0 Å². The zero-order valence-corrected chi connectivity index (χ0v) is 13.6. The fourth-order valence-electron chi connectivity index (χ4n) is 3.49. The Morgan fingerprint density at radius 2 is 1.52 bits per heavy atom. The minimum atomic E-state index is -0.148. The summed E-state index contributed by atoms with van der Waals surface area (Å²) in [6.07, 6.45) is 5.88. The first-order valence-corrected chi connectivity index (χ1v) is 7.64. The van der Waals surface area contributed by atoms with Gasteiger partial charge in [-0.15, -0.1) is 0 Å². The molecule has 118 valence electrons. The molecule has 1 aromatic carbocycles. The first-order chi connectivity index (χ1) is 10.2. The Morgan fingerprint density at radius 3 is 1.95 bits per heavy atom. The lowest BCUT2D eigenvalue weighted by atomic mass is 9.76. The third kappa shape index (κ3) is 3.33. The molecule has 0 heterocycles. The summed E-state index contributed by atoms with van der Waals surface area (Å²) in [6, 6.07) is 6.17. The van der Waals surface area contributed by atoms with Gasteiger partial charge >= 0.3 is 0 Å². The number of hydrogen-bond donors (Lipinski definition) is 1. The lowest BCUT2D eigenvalue weighted by molar-refractivity contribution is -0.0671. The van der Waals surface area contributed by atoms with Gasteiger partial charge in [0.1, 0.15) is 11.5 Å². The highest BCUT2D eigenvalue weighted by Crippen LogP contribution is 2.42. The minimum Gasteiger partial charge on any atom is -0.497 e. The molecule has 1 aromatic rings. The molecule has 1 aliphatic rings. The summed E-state index contributed by atoms with van der Waals surface area (Å²) in [5, 5.41) is 3.45. The molecule has 0 aromatic heterocycles. The highest BCUT2D eigenvalue weighted by Gasteiger charge is 2.40. The predicted octanol–water partition coefficient (Wildman–Crippen LogP) is 3.31. The molecule has 1 saturated carbocycles. The molecular formula is C17H27NO3. The number of likely N-dealkylation sites (N-methyl/N-ethyl adjacent to an activating group) is 1. The zero-order chi connectivity index (χ0) is 15.3. The van der Waals surface area contributed by atoms with Gasteiger partial charge in [-0.25, -0.2) is 0 Å². The van der Waals surface area contributed by atoms with Crippen LogP contribution < -0.4 is 14.8 Å². The molecule has 0 aliphatic heterocycles. The van der Waals surface area contributed by atoms with E-state index in [-0.39, 0.29) is 11.6 Å². The molecule has 1 atom stereocenters. The molecule has 4 heteroatoms. The molecule has 21 heavy (non-hydrogen) atoms. The van der Waals surface area contributed by atoms with Crippen LogP contribution in [0.15, 0.2) is 18.2 Å². The summed E-state index contributed by atoms with van der Waals surface area (Å²) in [6.45, 7) is 0. The molecule has 0 saturated heterocycles. The summed E-state index contributed by atoms with van der Waals surface area (Å²) in [5.74, 6) is 1.62. The van der Waals surface area contributed by atoms with E-state index in [0.717, 1.165) is 29.9 Å². The Hall–Kier alpha value is -1.26. The van der Waals surface area contributed by atoms with E-state index in [1.165, 1.54) is 19.3 Å². The van der Waals surface area contributed by atoms with Crippen molar-refractivity contribution in [1.29, 1.82) is 0 Å². The third-order valence-corrected chi connectivity index (χ3v) is 4.63. The number of nitrogens with one attached hydrogen (secondary N) is 1. The predicted molar refractivity (Wildman–Crippen MR) is 84.2 cm³/mol. The monoisotopic (exact) mass is 293 g/mol. The molecule has 1 aliphatic carbocycles. The van der Waals surface area contributed by atoms with E-state index in [1.54, 1.807) is 14.2 Å². The van der Waals surface area contributed by atoms with Gasteiger partial charge in [-0.2, -0.15) is 0 Å². The summed E-state index contributed by atoms with van der Waals surface area (Å²) in [7, 11) is 7.18. The fraction of sp³-hybridized carbons (Fsp3) is 0.647. The van der Waals surface area contributed by atoms with Gasteiger partial charge in [0.15, 0.2) is 0 Å². The van der Waals surface area contributed by atoms with Crippen molar-refractivity contribution in [3.8, 4) is 11.5 Å². The van der Waals surface area contributed by atoms with Gasteiger partial charge in [0.2, 0.25) is 0 Å². The van der Waals surface area contributed by atoms with Gasteiger partial charge in [0, 0.05) is 13.2 Å². The first-order valence-electron chi connectivity index (χ1n) is 7.64. The number of hydrogen-bond acceptors (Lipinski definition) is 4. The second kappa shape index (κ2) is 7.14. The fourth-order valence-corrected chi connectivity index (χ4v) is 3.49. The molecule has 1 N–H and O–H groups in total. The van der Waals surface area contributed by atoms with E-state index in [2.05, 4.69) is 17.4 Å². The third-order valence-electron chi connectivity index (χ3n) is 4.63. The van der Waals surface area contributed by atoms with Crippen LogP contribution in [0, 0.1) is 0 Å². The Kier molecular flexibility index (Phi) is 5.48. The van der Waals surface area contributed by atoms with Gasteiger partial charge in [0.25, 0.3) is 0 Å². The van der Waals surface area contributed by atoms with Crippen molar-refractivity contribution in [3.05, 3.63) is 23.8 Å². The van der Waals surface area contributed by atoms with Crippen LogP contribution in [0.4, 0.5) is 0 Å². The van der Waals surface area contributed by atoms with E-state index < -0.39 is 0 Å². The quantitative estimate of drug-likeness (QED) is 0.873. The standard InChI is InChI=1S/C17H27NO3/c1-18-16(17(21-4)8-6-5-7-9-17)13-10-14(19-2)12-15(11-13)20-3/h10-12,16,18H,5-9H2,1-4H3. The summed E-state index contributed by atoms with van der Waals surface area (Å²) < 4.78 is 16.8. The largest absolute Gasteiger partial charge is 0.497 e. The normalized spacial score (nSPS) is 19.0. The molecule has 1 unspecified atom stereocenters. The van der Waals surface area contributed by atoms with Gasteiger partial charge < -0.3 is 19.5 Å². The Bertz CT molecular complexity index is 433. The van der Waals surface area contributed by atoms with Crippen molar-refractivity contribution >= 4 is 0 Å². The van der Waals surface area contributed by atoms with Crippen LogP contribution in [0.25, 0.3) is 0 Å². The van der Waals surface area contributed by atoms with Crippen molar-refractivity contribution in [3.63, 3.8) is 0 Å². The van der Waals surface area contributed by atoms with Crippen LogP contribution in [-0.4, -0.2) is 34.0 Å². The lowest BCUT2D eigenvalue weighted by Gasteiger charge is -2.42. The summed E-state index contributed by atoms with van der Waals surface area (Å²) in [5.41, 5.74) is 1.00. The Labute approximate surface area is 127 Å². The van der Waals surface area contributed by atoms with Crippen molar-refractivity contribution in [2.75, 3.05) is 28.4 Å². The average molecular weight is 293 g/mol. The van der Waals surface area contributed by atoms with Crippen LogP contribution >= 0.6 is 0 Å². The van der Waals surface area contributed by atoms with E-state index in [1.807, 2.05) is 20.2 Å². The first kappa shape index (κ1) is 16.1. The molecule has 2 rings (SSSR count). The number of methoxy groups -OCH3 is 3. The van der Waals surface area contributed by atoms with Gasteiger partial charge in [-0.05, 0) is 37.6 Å². The Morgan fingerprint density at radius 1 is 0.952 bits per heavy atom. The van der Waals surface area contributed by atoms with Gasteiger partial charge in [-0.3, -0.25) is 0 Å². The Balaban J connectivity index is 2.39. The van der Waals surface area contributed by atoms with Gasteiger partial charge in [0.05, 0.1) is 25.9 Å². The maximum Gasteiger partial charge on any atom is 0.122 e. The minimum absolute atomic E-state index is 0.131. The number of benzene rings is 1. The van der Waals surface area contributed by atoms with Crippen LogP contribution in [0.5, 0.6) is 11.5 Å². The maximum absolute atomic E-state index is 5.99. The highest BCUT2D eigenvalue weighted by molar-refractivity contribution is 5.40.